The van der Waals surface area contributed by atoms with E-state index in [4.69, 9.17) is 4.74 Å². The molecule has 0 unspecified atom stereocenters. The van der Waals surface area contributed by atoms with Crippen LogP contribution in [0.5, 0.6) is 0 Å². The Morgan fingerprint density at radius 1 is 1.09 bits per heavy atom. The van der Waals surface area contributed by atoms with Crippen molar-refractivity contribution in [2.45, 2.75) is 32.5 Å². The molecule has 1 saturated heterocycles. The van der Waals surface area contributed by atoms with Gasteiger partial charge in [-0.15, -0.1) is 10.2 Å². The molecular formula is C24H29N5O2S. The summed E-state index contributed by atoms with van der Waals surface area (Å²) < 4.78 is 7.43. The number of aromatic nitrogens is 3. The number of hydrogen-bond acceptors (Lipinski definition) is 6. The van der Waals surface area contributed by atoms with Gasteiger partial charge >= 0.3 is 0 Å². The number of hydrogen-bond donors (Lipinski definition) is 1. The number of thioether (sulfide) groups is 1. The van der Waals surface area contributed by atoms with Crippen LogP contribution in [0.1, 0.15) is 22.5 Å². The average Bonchev–Trinajstić information content (AvgIpc) is 3.15. The molecule has 7 nitrogen and oxygen atoms in total. The van der Waals surface area contributed by atoms with Crippen LogP contribution in [0.3, 0.4) is 0 Å². The molecule has 32 heavy (non-hydrogen) atoms. The van der Waals surface area contributed by atoms with Crippen LogP contribution in [0.2, 0.25) is 0 Å². The number of morpholine rings is 1. The van der Waals surface area contributed by atoms with Crippen molar-refractivity contribution >= 4 is 23.4 Å². The molecule has 2 heterocycles. The second kappa shape index (κ2) is 10.3. The molecule has 0 bridgehead atoms. The van der Waals surface area contributed by atoms with E-state index in [9.17, 15) is 4.79 Å². The van der Waals surface area contributed by atoms with Crippen molar-refractivity contribution in [2.24, 2.45) is 0 Å². The van der Waals surface area contributed by atoms with Gasteiger partial charge in [0.15, 0.2) is 5.16 Å². The lowest BCUT2D eigenvalue weighted by Gasteiger charge is -2.26. The summed E-state index contributed by atoms with van der Waals surface area (Å²) in [6.45, 7) is 10.4. The Hall–Kier alpha value is -2.68. The average molecular weight is 452 g/mol. The largest absolute Gasteiger partial charge is 0.379 e. The van der Waals surface area contributed by atoms with Gasteiger partial charge in [-0.05, 0) is 55.7 Å². The molecule has 0 aliphatic carbocycles. The molecule has 0 saturated carbocycles. The Morgan fingerprint density at radius 2 is 1.91 bits per heavy atom. The van der Waals surface area contributed by atoms with Gasteiger partial charge in [-0.2, -0.15) is 0 Å². The number of aryl methyl sites for hydroxylation is 3. The SMILES string of the molecule is Cc1ccc(C)c(-n2c(C)nnc2SCC(=O)Nc2cccc(CN3CCOCC3)c2)c1. The number of nitrogens with one attached hydrogen (secondary N) is 1. The standard InChI is InChI=1S/C24H29N5O2S/c1-17-7-8-18(2)22(13-17)29-19(3)26-27-24(29)32-16-23(30)25-21-6-4-5-20(14-21)15-28-9-11-31-12-10-28/h4-8,13-14H,9-12,15-16H2,1-3H3,(H,25,30). The zero-order valence-electron chi connectivity index (χ0n) is 18.8. The Kier molecular flexibility index (Phi) is 7.24. The number of carbonyl (C=O) groups is 1. The normalized spacial score (nSPS) is 14.5. The van der Waals surface area contributed by atoms with Gasteiger partial charge in [-0.1, -0.05) is 36.0 Å². The monoisotopic (exact) mass is 451 g/mol. The minimum Gasteiger partial charge on any atom is -0.379 e. The van der Waals surface area contributed by atoms with Gasteiger partial charge in [0.05, 0.1) is 24.7 Å². The van der Waals surface area contributed by atoms with Crippen molar-refractivity contribution < 1.29 is 9.53 Å². The second-order valence-corrected chi connectivity index (χ2v) is 9.02. The van der Waals surface area contributed by atoms with E-state index < -0.39 is 0 Å². The zero-order valence-corrected chi connectivity index (χ0v) is 19.6. The number of benzene rings is 2. The van der Waals surface area contributed by atoms with E-state index in [1.807, 2.05) is 29.7 Å². The van der Waals surface area contributed by atoms with Crippen LogP contribution in [0.4, 0.5) is 5.69 Å². The molecule has 4 rings (SSSR count). The van der Waals surface area contributed by atoms with Gasteiger partial charge in [0.25, 0.3) is 0 Å². The smallest absolute Gasteiger partial charge is 0.234 e. The summed E-state index contributed by atoms with van der Waals surface area (Å²) in [5.74, 6) is 1.00. The fourth-order valence-corrected chi connectivity index (χ4v) is 4.56. The summed E-state index contributed by atoms with van der Waals surface area (Å²) in [4.78, 5) is 15.0. The molecule has 168 valence electrons. The van der Waals surface area contributed by atoms with Crippen LogP contribution < -0.4 is 5.32 Å². The van der Waals surface area contributed by atoms with E-state index in [0.717, 1.165) is 55.6 Å². The third-order valence-corrected chi connectivity index (χ3v) is 6.38. The summed E-state index contributed by atoms with van der Waals surface area (Å²) in [5.41, 5.74) is 5.36. The Labute approximate surface area is 193 Å². The highest BCUT2D eigenvalue weighted by Crippen LogP contribution is 2.25. The molecule has 0 radical (unpaired) electrons. The number of nitrogens with zero attached hydrogens (tertiary/aromatic N) is 4. The Morgan fingerprint density at radius 3 is 2.72 bits per heavy atom. The Bertz CT molecular complexity index is 1090. The molecule has 3 aromatic rings. The number of rotatable bonds is 7. The maximum Gasteiger partial charge on any atom is 0.234 e. The van der Waals surface area contributed by atoms with Crippen molar-refractivity contribution in [3.8, 4) is 5.69 Å². The van der Waals surface area contributed by atoms with Gasteiger partial charge in [-0.3, -0.25) is 14.3 Å². The van der Waals surface area contributed by atoms with Crippen molar-refractivity contribution in [1.82, 2.24) is 19.7 Å². The fourth-order valence-electron chi connectivity index (χ4n) is 3.77. The summed E-state index contributed by atoms with van der Waals surface area (Å²) >= 11 is 1.39. The lowest BCUT2D eigenvalue weighted by atomic mass is 10.1. The molecule has 1 aromatic heterocycles. The molecule has 1 fully saturated rings. The minimum atomic E-state index is -0.0633. The van der Waals surface area contributed by atoms with Crippen molar-refractivity contribution in [3.05, 3.63) is 65.0 Å². The van der Waals surface area contributed by atoms with E-state index in [-0.39, 0.29) is 11.7 Å². The predicted molar refractivity (Wildman–Crippen MR) is 127 cm³/mol. The molecule has 1 aliphatic heterocycles. The van der Waals surface area contributed by atoms with Gasteiger partial charge in [0, 0.05) is 25.3 Å². The number of anilines is 1. The highest BCUT2D eigenvalue weighted by Gasteiger charge is 2.16. The first-order valence-corrected chi connectivity index (χ1v) is 11.8. The molecule has 1 aliphatic rings. The summed E-state index contributed by atoms with van der Waals surface area (Å²) in [6.07, 6.45) is 0. The molecule has 0 spiro atoms. The van der Waals surface area contributed by atoms with Crippen molar-refractivity contribution in [3.63, 3.8) is 0 Å². The van der Waals surface area contributed by atoms with Gasteiger partial charge in [-0.25, -0.2) is 0 Å². The van der Waals surface area contributed by atoms with E-state index >= 15 is 0 Å². The summed E-state index contributed by atoms with van der Waals surface area (Å²) in [5, 5.41) is 12.3. The predicted octanol–water partition coefficient (Wildman–Crippen LogP) is 3.76. The van der Waals surface area contributed by atoms with Crippen LogP contribution >= 0.6 is 11.8 Å². The number of carbonyl (C=O) groups excluding carboxylic acids is 1. The van der Waals surface area contributed by atoms with Gasteiger partial charge < -0.3 is 10.1 Å². The first-order valence-electron chi connectivity index (χ1n) is 10.8. The first kappa shape index (κ1) is 22.5. The van der Waals surface area contributed by atoms with Crippen LogP contribution in [0.15, 0.2) is 47.6 Å². The number of amides is 1. The fraction of sp³-hybridized carbons (Fsp3) is 0.375. The van der Waals surface area contributed by atoms with Crippen LogP contribution in [0.25, 0.3) is 5.69 Å². The first-order chi connectivity index (χ1) is 15.5. The molecular weight excluding hydrogens is 422 g/mol. The summed E-state index contributed by atoms with van der Waals surface area (Å²) in [6, 6.07) is 14.3. The molecule has 1 amide bonds. The maximum absolute atomic E-state index is 12.6. The van der Waals surface area contributed by atoms with E-state index in [1.165, 1.54) is 22.9 Å². The van der Waals surface area contributed by atoms with Gasteiger partial charge in [0.1, 0.15) is 5.82 Å². The second-order valence-electron chi connectivity index (χ2n) is 8.08. The minimum absolute atomic E-state index is 0.0633. The van der Waals surface area contributed by atoms with Crippen LogP contribution in [-0.4, -0.2) is 57.6 Å². The number of ether oxygens (including phenoxy) is 1. The van der Waals surface area contributed by atoms with Crippen LogP contribution in [0, 0.1) is 20.8 Å². The molecule has 0 atom stereocenters. The highest BCUT2D eigenvalue weighted by molar-refractivity contribution is 7.99. The quantitative estimate of drug-likeness (QED) is 0.552. The topological polar surface area (TPSA) is 72.3 Å². The summed E-state index contributed by atoms with van der Waals surface area (Å²) in [7, 11) is 0. The third kappa shape index (κ3) is 5.56. The van der Waals surface area contributed by atoms with Crippen molar-refractivity contribution in [2.75, 3.05) is 37.4 Å². The lowest BCUT2D eigenvalue weighted by Crippen LogP contribution is -2.35. The lowest BCUT2D eigenvalue weighted by molar-refractivity contribution is -0.113. The van der Waals surface area contributed by atoms with E-state index in [0.29, 0.717) is 5.16 Å². The Balaban J connectivity index is 1.39. The maximum atomic E-state index is 12.6. The third-order valence-electron chi connectivity index (χ3n) is 5.45. The molecule has 1 N–H and O–H groups in total. The van der Waals surface area contributed by atoms with E-state index in [1.54, 1.807) is 0 Å². The zero-order chi connectivity index (χ0) is 22.5. The highest BCUT2D eigenvalue weighted by atomic mass is 32.2. The molecule has 2 aromatic carbocycles. The van der Waals surface area contributed by atoms with Crippen molar-refractivity contribution in [1.29, 1.82) is 0 Å². The van der Waals surface area contributed by atoms with E-state index in [2.05, 4.69) is 58.5 Å². The molecule has 8 heteroatoms. The van der Waals surface area contributed by atoms with Crippen LogP contribution in [-0.2, 0) is 16.1 Å². The van der Waals surface area contributed by atoms with Gasteiger partial charge in [0.2, 0.25) is 5.91 Å².